The summed E-state index contributed by atoms with van der Waals surface area (Å²) < 4.78 is 5.50. The van der Waals surface area contributed by atoms with Gasteiger partial charge in [0.2, 0.25) is 18.0 Å². The zero-order valence-corrected chi connectivity index (χ0v) is 15.2. The zero-order valence-electron chi connectivity index (χ0n) is 15.2. The van der Waals surface area contributed by atoms with E-state index < -0.39 is 5.41 Å². The zero-order chi connectivity index (χ0) is 18.9. The Morgan fingerprint density at radius 3 is 2.92 bits per heavy atom. The molecule has 1 aromatic heterocycles. The van der Waals surface area contributed by atoms with Gasteiger partial charge in [-0.05, 0) is 18.8 Å². The van der Waals surface area contributed by atoms with Gasteiger partial charge in [0, 0.05) is 29.9 Å². The number of allylic oxidation sites excluding steroid dienone is 2. The number of rotatable bonds is 5. The number of ether oxygens (including phenoxy) is 1. The Balaban J connectivity index is 2.14. The minimum absolute atomic E-state index is 0.0812. The number of nitrogens with zero attached hydrogens (tertiary/aromatic N) is 3. The molecule has 7 nitrogen and oxygen atoms in total. The van der Waals surface area contributed by atoms with Crippen molar-refractivity contribution >= 4 is 12.2 Å². The number of nitrogens with one attached hydrogen (secondary N) is 1. The molecule has 0 radical (unpaired) electrons. The number of fused-ring (bicyclic) bond motifs is 3. The molecule has 0 spiro atoms. The lowest BCUT2D eigenvalue weighted by molar-refractivity contribution is -0.121. The van der Waals surface area contributed by atoms with Gasteiger partial charge in [0.1, 0.15) is 5.82 Å². The molecular weight excluding hydrogens is 332 g/mol. The van der Waals surface area contributed by atoms with Crippen molar-refractivity contribution in [3.05, 3.63) is 40.3 Å². The Labute approximate surface area is 152 Å². The normalized spacial score (nSPS) is 26.8. The fraction of sp³-hybridized carbons (Fsp3) is 0.526. The largest absolute Gasteiger partial charge is 0.481 e. The molecule has 0 fully saturated rings. The number of ketones is 1. The Hall–Kier alpha value is -2.75. The van der Waals surface area contributed by atoms with Crippen molar-refractivity contribution in [3.8, 4) is 5.88 Å². The first-order chi connectivity index (χ1) is 12.5. The second-order valence-corrected chi connectivity index (χ2v) is 7.02. The lowest BCUT2D eigenvalue weighted by Gasteiger charge is -2.45. The molecule has 3 rings (SSSR count). The number of methoxy groups -OCH3 is 1. The molecule has 0 bridgehead atoms. The molecule has 2 aliphatic carbocycles. The second-order valence-electron chi connectivity index (χ2n) is 7.02. The fourth-order valence-electron chi connectivity index (χ4n) is 4.28. The van der Waals surface area contributed by atoms with Crippen LogP contribution in [0.1, 0.15) is 37.4 Å². The van der Waals surface area contributed by atoms with Crippen LogP contribution in [-0.4, -0.2) is 35.8 Å². The average molecular weight is 354 g/mol. The van der Waals surface area contributed by atoms with Gasteiger partial charge in [-0.2, -0.15) is 4.98 Å². The number of amides is 1. The minimum Gasteiger partial charge on any atom is -0.481 e. The van der Waals surface area contributed by atoms with Crippen LogP contribution in [0.4, 0.5) is 0 Å². The SMILES string of the molecule is [C-]#[N+]C1=C[C@@]2(C)c3nc(CCNC=O)nc(OC)c3CC[C@@H]2[C@@H](C)C1=O. The standard InChI is InChI=1S/C19H22N4O3/c1-11-13-6-5-12-17(19(13,2)9-14(20-3)16(11)25)22-15(7-8-21-10-24)23-18(12)26-4/h9-11,13H,5-8H2,1-2,4H3,(H,21,24)/t11-,13-,19-/m1/s1. The first kappa shape index (κ1) is 18.1. The van der Waals surface area contributed by atoms with Gasteiger partial charge < -0.3 is 14.8 Å². The average Bonchev–Trinajstić information content (AvgIpc) is 2.64. The first-order valence-corrected chi connectivity index (χ1v) is 8.72. The quantitative estimate of drug-likeness (QED) is 0.493. The third-order valence-corrected chi connectivity index (χ3v) is 5.60. The van der Waals surface area contributed by atoms with Gasteiger partial charge >= 0.3 is 0 Å². The summed E-state index contributed by atoms with van der Waals surface area (Å²) in [5.41, 5.74) is 1.46. The van der Waals surface area contributed by atoms with Crippen molar-refractivity contribution in [2.75, 3.05) is 13.7 Å². The van der Waals surface area contributed by atoms with Crippen LogP contribution in [0.3, 0.4) is 0 Å². The van der Waals surface area contributed by atoms with Crippen LogP contribution < -0.4 is 10.1 Å². The van der Waals surface area contributed by atoms with E-state index in [0.717, 1.165) is 24.1 Å². The molecule has 1 amide bonds. The number of carbonyl (C=O) groups is 2. The Morgan fingerprint density at radius 2 is 2.27 bits per heavy atom. The van der Waals surface area contributed by atoms with Crippen LogP contribution in [-0.2, 0) is 27.8 Å². The maximum Gasteiger partial charge on any atom is 0.226 e. The number of hydrogen-bond acceptors (Lipinski definition) is 5. The van der Waals surface area contributed by atoms with Crippen molar-refractivity contribution < 1.29 is 14.3 Å². The monoisotopic (exact) mass is 354 g/mol. The van der Waals surface area contributed by atoms with Crippen molar-refractivity contribution in [3.63, 3.8) is 0 Å². The van der Waals surface area contributed by atoms with Crippen molar-refractivity contribution in [2.45, 2.75) is 38.5 Å². The molecule has 2 aliphatic rings. The third kappa shape index (κ3) is 2.75. The number of Topliss-reactive ketones (excluding diaryl/α,β-unsaturated/α-hetero) is 1. The topological polar surface area (TPSA) is 85.5 Å². The Kier molecular flexibility index (Phi) is 4.77. The number of aromatic nitrogens is 2. The summed E-state index contributed by atoms with van der Waals surface area (Å²) >= 11 is 0. The highest BCUT2D eigenvalue weighted by Crippen LogP contribution is 2.50. The van der Waals surface area contributed by atoms with E-state index in [4.69, 9.17) is 16.3 Å². The molecule has 0 saturated carbocycles. The van der Waals surface area contributed by atoms with E-state index in [2.05, 4.69) is 15.1 Å². The maximum atomic E-state index is 12.4. The molecule has 1 heterocycles. The molecular formula is C19H22N4O3. The van der Waals surface area contributed by atoms with Crippen LogP contribution in [0.5, 0.6) is 5.88 Å². The van der Waals surface area contributed by atoms with E-state index in [-0.39, 0.29) is 23.3 Å². The van der Waals surface area contributed by atoms with Gasteiger partial charge in [-0.3, -0.25) is 4.79 Å². The maximum absolute atomic E-state index is 12.4. The number of carbonyl (C=O) groups excluding carboxylic acids is 2. The van der Waals surface area contributed by atoms with E-state index in [1.807, 2.05) is 13.8 Å². The van der Waals surface area contributed by atoms with Crippen LogP contribution in [0, 0.1) is 18.4 Å². The van der Waals surface area contributed by atoms with Crippen LogP contribution >= 0.6 is 0 Å². The van der Waals surface area contributed by atoms with E-state index in [1.165, 1.54) is 0 Å². The highest BCUT2D eigenvalue weighted by atomic mass is 16.5. The van der Waals surface area contributed by atoms with E-state index in [9.17, 15) is 9.59 Å². The van der Waals surface area contributed by atoms with E-state index in [0.29, 0.717) is 31.1 Å². The molecule has 0 unspecified atom stereocenters. The molecule has 0 aliphatic heterocycles. The predicted molar refractivity (Wildman–Crippen MR) is 94.4 cm³/mol. The summed E-state index contributed by atoms with van der Waals surface area (Å²) in [5.74, 6) is 0.913. The van der Waals surface area contributed by atoms with Gasteiger partial charge in [-0.25, -0.2) is 9.83 Å². The molecule has 0 saturated heterocycles. The molecule has 1 aromatic rings. The van der Waals surface area contributed by atoms with E-state index in [1.54, 1.807) is 13.2 Å². The predicted octanol–water partition coefficient (Wildman–Crippen LogP) is 1.62. The van der Waals surface area contributed by atoms with Crippen molar-refractivity contribution in [1.82, 2.24) is 15.3 Å². The minimum atomic E-state index is -0.510. The van der Waals surface area contributed by atoms with Gasteiger partial charge in [-0.15, -0.1) is 0 Å². The second kappa shape index (κ2) is 6.87. The van der Waals surface area contributed by atoms with Gasteiger partial charge in [0.05, 0.1) is 19.4 Å². The van der Waals surface area contributed by atoms with Crippen molar-refractivity contribution in [1.29, 1.82) is 0 Å². The first-order valence-electron chi connectivity index (χ1n) is 8.72. The molecule has 136 valence electrons. The van der Waals surface area contributed by atoms with Gasteiger partial charge in [-0.1, -0.05) is 19.9 Å². The highest BCUT2D eigenvalue weighted by molar-refractivity contribution is 6.00. The third-order valence-electron chi connectivity index (χ3n) is 5.60. The Morgan fingerprint density at radius 1 is 1.50 bits per heavy atom. The van der Waals surface area contributed by atoms with Crippen LogP contribution in [0.25, 0.3) is 4.85 Å². The summed E-state index contributed by atoms with van der Waals surface area (Å²) in [6, 6.07) is 0. The summed E-state index contributed by atoms with van der Waals surface area (Å²) in [6.45, 7) is 11.7. The summed E-state index contributed by atoms with van der Waals surface area (Å²) in [6.07, 6.45) is 4.47. The Bertz CT molecular complexity index is 827. The summed E-state index contributed by atoms with van der Waals surface area (Å²) in [4.78, 5) is 35.6. The van der Waals surface area contributed by atoms with Crippen LogP contribution in [0.15, 0.2) is 11.8 Å². The highest BCUT2D eigenvalue weighted by Gasteiger charge is 2.49. The van der Waals surface area contributed by atoms with E-state index >= 15 is 0 Å². The molecule has 0 aromatic carbocycles. The lowest BCUT2D eigenvalue weighted by atomic mass is 9.58. The summed E-state index contributed by atoms with van der Waals surface area (Å²) in [5, 5.41) is 2.61. The van der Waals surface area contributed by atoms with Gasteiger partial charge in [0.25, 0.3) is 0 Å². The van der Waals surface area contributed by atoms with Gasteiger partial charge in [0.15, 0.2) is 5.78 Å². The number of hydrogen-bond donors (Lipinski definition) is 1. The lowest BCUT2D eigenvalue weighted by Crippen LogP contribution is -2.46. The molecule has 1 N–H and O–H groups in total. The fourth-order valence-corrected chi connectivity index (χ4v) is 4.28. The van der Waals surface area contributed by atoms with Crippen LogP contribution in [0.2, 0.25) is 0 Å². The summed E-state index contributed by atoms with van der Waals surface area (Å²) in [7, 11) is 1.58. The molecule has 26 heavy (non-hydrogen) atoms. The van der Waals surface area contributed by atoms with Crippen molar-refractivity contribution in [2.24, 2.45) is 11.8 Å². The molecule has 3 atom stereocenters. The molecule has 7 heteroatoms. The smallest absolute Gasteiger partial charge is 0.226 e.